The molecule has 2 saturated heterocycles. The van der Waals surface area contributed by atoms with Crippen LogP contribution >= 0.6 is 11.8 Å². The number of hydrogen-bond acceptors (Lipinski definition) is 3. The Morgan fingerprint density at radius 2 is 1.91 bits per heavy atom. The number of piperidine rings is 1. The van der Waals surface area contributed by atoms with Crippen molar-refractivity contribution in [2.45, 2.75) is 31.8 Å². The first-order chi connectivity index (χ1) is 11.1. The fraction of sp³-hybridized carbons (Fsp3) is 0.529. The topological polar surface area (TPSA) is 40.6 Å². The van der Waals surface area contributed by atoms with Crippen molar-refractivity contribution in [2.75, 3.05) is 24.6 Å². The summed E-state index contributed by atoms with van der Waals surface area (Å²) in [6.07, 6.45) is 1.97. The zero-order valence-electron chi connectivity index (χ0n) is 13.0. The molecule has 124 valence electrons. The van der Waals surface area contributed by atoms with Crippen molar-refractivity contribution >= 4 is 23.6 Å². The molecule has 2 aliphatic rings. The van der Waals surface area contributed by atoms with E-state index < -0.39 is 0 Å². The summed E-state index contributed by atoms with van der Waals surface area (Å²) in [6.45, 7) is 1.90. The number of carbonyl (C=O) groups excluding carboxylic acids is 2. The number of hydrogen-bond donors (Lipinski definition) is 0. The highest BCUT2D eigenvalue weighted by molar-refractivity contribution is 7.99. The number of amides is 2. The Morgan fingerprint density at radius 1 is 1.22 bits per heavy atom. The van der Waals surface area contributed by atoms with E-state index in [2.05, 4.69) is 0 Å². The van der Waals surface area contributed by atoms with Gasteiger partial charge in [-0.1, -0.05) is 12.1 Å². The Morgan fingerprint density at radius 3 is 2.61 bits per heavy atom. The molecule has 1 aromatic rings. The second-order valence-corrected chi connectivity index (χ2v) is 7.22. The van der Waals surface area contributed by atoms with Crippen molar-refractivity contribution in [3.05, 3.63) is 35.6 Å². The highest BCUT2D eigenvalue weighted by atomic mass is 32.2. The number of benzene rings is 1. The number of halogens is 1. The molecule has 6 heteroatoms. The average molecular weight is 336 g/mol. The Bertz CT molecular complexity index is 572. The van der Waals surface area contributed by atoms with Gasteiger partial charge in [0, 0.05) is 37.6 Å². The number of nitrogens with zero attached hydrogens (tertiary/aromatic N) is 2. The van der Waals surface area contributed by atoms with E-state index in [1.54, 1.807) is 17.0 Å². The number of rotatable bonds is 3. The molecule has 0 N–H and O–H groups in total. The van der Waals surface area contributed by atoms with Gasteiger partial charge in [-0.05, 0) is 30.5 Å². The summed E-state index contributed by atoms with van der Waals surface area (Å²) in [4.78, 5) is 28.7. The molecule has 2 amide bonds. The van der Waals surface area contributed by atoms with Gasteiger partial charge in [-0.2, -0.15) is 11.8 Å². The average Bonchev–Trinajstić information content (AvgIpc) is 2.59. The predicted molar refractivity (Wildman–Crippen MR) is 88.5 cm³/mol. The van der Waals surface area contributed by atoms with Gasteiger partial charge in [0.1, 0.15) is 11.9 Å². The maximum Gasteiger partial charge on any atom is 0.245 e. The number of likely N-dealkylation sites (tertiary alicyclic amines) is 1. The van der Waals surface area contributed by atoms with E-state index >= 15 is 0 Å². The molecule has 4 nitrogen and oxygen atoms in total. The van der Waals surface area contributed by atoms with Crippen LogP contribution < -0.4 is 0 Å². The van der Waals surface area contributed by atoms with E-state index in [9.17, 15) is 14.0 Å². The lowest BCUT2D eigenvalue weighted by molar-refractivity contribution is -0.149. The summed E-state index contributed by atoms with van der Waals surface area (Å²) >= 11 is 1.86. The van der Waals surface area contributed by atoms with Crippen molar-refractivity contribution in [3.8, 4) is 0 Å². The summed E-state index contributed by atoms with van der Waals surface area (Å²) < 4.78 is 13.0. The Labute approximate surface area is 140 Å². The molecule has 0 spiro atoms. The molecule has 1 unspecified atom stereocenters. The second-order valence-electron chi connectivity index (χ2n) is 5.99. The van der Waals surface area contributed by atoms with Crippen LogP contribution in [0.1, 0.15) is 24.8 Å². The SMILES string of the molecule is O=C(C1CCCC(=O)N1Cc1ccc(F)cc1)N1CCSCC1. The molecule has 0 bridgehead atoms. The van der Waals surface area contributed by atoms with Crippen molar-refractivity contribution < 1.29 is 14.0 Å². The molecule has 2 heterocycles. The van der Waals surface area contributed by atoms with Crippen LogP contribution in [0.4, 0.5) is 4.39 Å². The molecule has 23 heavy (non-hydrogen) atoms. The normalized spacial score (nSPS) is 22.3. The lowest BCUT2D eigenvalue weighted by Gasteiger charge is -2.38. The quantitative estimate of drug-likeness (QED) is 0.850. The molecule has 0 radical (unpaired) electrons. The summed E-state index contributed by atoms with van der Waals surface area (Å²) in [7, 11) is 0. The van der Waals surface area contributed by atoms with Crippen LogP contribution in [0.3, 0.4) is 0 Å². The van der Waals surface area contributed by atoms with E-state index in [1.807, 2.05) is 16.7 Å². The van der Waals surface area contributed by atoms with E-state index in [0.29, 0.717) is 13.0 Å². The van der Waals surface area contributed by atoms with Gasteiger partial charge in [-0.3, -0.25) is 9.59 Å². The van der Waals surface area contributed by atoms with Gasteiger partial charge in [0.05, 0.1) is 0 Å². The molecule has 2 fully saturated rings. The van der Waals surface area contributed by atoms with E-state index in [-0.39, 0.29) is 23.7 Å². The molecular formula is C17H21FN2O2S. The summed E-state index contributed by atoms with van der Waals surface area (Å²) in [6, 6.07) is 5.77. The van der Waals surface area contributed by atoms with Crippen molar-refractivity contribution in [3.63, 3.8) is 0 Å². The predicted octanol–water partition coefficient (Wildman–Crippen LogP) is 2.28. The third-order valence-electron chi connectivity index (χ3n) is 4.44. The molecule has 0 aromatic heterocycles. The van der Waals surface area contributed by atoms with E-state index in [4.69, 9.17) is 0 Å². The fourth-order valence-corrected chi connectivity index (χ4v) is 4.06. The minimum absolute atomic E-state index is 0.0188. The van der Waals surface area contributed by atoms with Crippen LogP contribution in [0.25, 0.3) is 0 Å². The van der Waals surface area contributed by atoms with Gasteiger partial charge in [-0.15, -0.1) is 0 Å². The first-order valence-corrected chi connectivity index (χ1v) is 9.21. The first kappa shape index (κ1) is 16.3. The van der Waals surface area contributed by atoms with Gasteiger partial charge < -0.3 is 9.80 Å². The lowest BCUT2D eigenvalue weighted by atomic mass is 9.99. The Hall–Kier alpha value is -1.56. The van der Waals surface area contributed by atoms with Crippen LogP contribution in [0.2, 0.25) is 0 Å². The lowest BCUT2D eigenvalue weighted by Crippen LogP contribution is -2.54. The van der Waals surface area contributed by atoms with Gasteiger partial charge >= 0.3 is 0 Å². The fourth-order valence-electron chi connectivity index (χ4n) is 3.16. The highest BCUT2D eigenvalue weighted by Gasteiger charge is 2.35. The summed E-state index contributed by atoms with van der Waals surface area (Å²) in [5, 5.41) is 0. The van der Waals surface area contributed by atoms with Crippen LogP contribution in [0.15, 0.2) is 24.3 Å². The third-order valence-corrected chi connectivity index (χ3v) is 5.38. The van der Waals surface area contributed by atoms with Crippen molar-refractivity contribution in [1.82, 2.24) is 9.80 Å². The van der Waals surface area contributed by atoms with Crippen LogP contribution in [-0.4, -0.2) is 52.3 Å². The van der Waals surface area contributed by atoms with Gasteiger partial charge in [0.25, 0.3) is 0 Å². The third kappa shape index (κ3) is 3.86. The minimum atomic E-state index is -0.371. The first-order valence-electron chi connectivity index (χ1n) is 8.05. The zero-order chi connectivity index (χ0) is 16.2. The number of carbonyl (C=O) groups is 2. The molecule has 2 aliphatic heterocycles. The zero-order valence-corrected chi connectivity index (χ0v) is 13.9. The molecule has 3 rings (SSSR count). The molecule has 1 atom stereocenters. The van der Waals surface area contributed by atoms with Crippen LogP contribution in [-0.2, 0) is 16.1 Å². The smallest absolute Gasteiger partial charge is 0.245 e. The maximum absolute atomic E-state index is 13.0. The highest BCUT2D eigenvalue weighted by Crippen LogP contribution is 2.24. The Kier molecular flexibility index (Phi) is 5.20. The van der Waals surface area contributed by atoms with Gasteiger partial charge in [0.2, 0.25) is 11.8 Å². The summed E-state index contributed by atoms with van der Waals surface area (Å²) in [5.74, 6) is 1.72. The molecule has 0 saturated carbocycles. The summed E-state index contributed by atoms with van der Waals surface area (Å²) in [5.41, 5.74) is 0.855. The standard InChI is InChI=1S/C17H21FN2O2S/c18-14-6-4-13(5-7-14)12-20-15(2-1-3-16(20)21)17(22)19-8-10-23-11-9-19/h4-7,15H,1-3,8-12H2. The van der Waals surface area contributed by atoms with Crippen LogP contribution in [0, 0.1) is 5.82 Å². The van der Waals surface area contributed by atoms with Crippen molar-refractivity contribution in [1.29, 1.82) is 0 Å². The molecular weight excluding hydrogens is 315 g/mol. The van der Waals surface area contributed by atoms with E-state index in [0.717, 1.165) is 43.0 Å². The number of thioether (sulfide) groups is 1. The monoisotopic (exact) mass is 336 g/mol. The van der Waals surface area contributed by atoms with Crippen LogP contribution in [0.5, 0.6) is 0 Å². The van der Waals surface area contributed by atoms with Gasteiger partial charge in [-0.25, -0.2) is 4.39 Å². The Balaban J connectivity index is 1.74. The molecule has 1 aromatic carbocycles. The van der Waals surface area contributed by atoms with Crippen molar-refractivity contribution in [2.24, 2.45) is 0 Å². The minimum Gasteiger partial charge on any atom is -0.339 e. The maximum atomic E-state index is 13.0. The second kappa shape index (κ2) is 7.34. The van der Waals surface area contributed by atoms with E-state index in [1.165, 1.54) is 12.1 Å². The largest absolute Gasteiger partial charge is 0.339 e. The molecule has 0 aliphatic carbocycles. The van der Waals surface area contributed by atoms with Gasteiger partial charge in [0.15, 0.2) is 0 Å².